The molecule has 0 atom stereocenters. The van der Waals surface area contributed by atoms with Crippen LogP contribution in [0, 0.1) is 0 Å². The fourth-order valence-electron chi connectivity index (χ4n) is 3.04. The van der Waals surface area contributed by atoms with Crippen LogP contribution in [-0.2, 0) is 16.1 Å². The highest BCUT2D eigenvalue weighted by Gasteiger charge is 2.20. The molecule has 1 aliphatic rings. The maximum absolute atomic E-state index is 12.5. The summed E-state index contributed by atoms with van der Waals surface area (Å²) in [6.45, 7) is 2.50. The van der Waals surface area contributed by atoms with Gasteiger partial charge in [-0.15, -0.1) is 0 Å². The smallest absolute Gasteiger partial charge is 0.374 e. The molecule has 0 saturated carbocycles. The molecular weight excluding hydrogens is 398 g/mol. The first-order chi connectivity index (χ1) is 14.0. The minimum absolute atomic E-state index is 0.0221. The predicted molar refractivity (Wildman–Crippen MR) is 105 cm³/mol. The second-order valence-corrected chi connectivity index (χ2v) is 6.90. The standard InChI is InChI=1S/C21H18ClNO6/c1-2-23(10-13-3-5-17-18(7-13)28-12-27-17)20(24)11-26-21(25)19-9-14-8-15(22)4-6-16(14)29-19/h3-9H,2,10-12H2,1H3. The van der Waals surface area contributed by atoms with Crippen LogP contribution in [0.5, 0.6) is 11.5 Å². The number of hydrogen-bond donors (Lipinski definition) is 0. The fourth-order valence-corrected chi connectivity index (χ4v) is 3.22. The van der Waals surface area contributed by atoms with E-state index in [1.165, 1.54) is 6.07 Å². The van der Waals surface area contributed by atoms with Gasteiger partial charge in [0.1, 0.15) is 5.58 Å². The van der Waals surface area contributed by atoms with Gasteiger partial charge in [-0.25, -0.2) is 4.79 Å². The Morgan fingerprint density at radius 3 is 2.76 bits per heavy atom. The molecule has 0 aliphatic carbocycles. The van der Waals surface area contributed by atoms with Crippen LogP contribution in [0.4, 0.5) is 0 Å². The van der Waals surface area contributed by atoms with E-state index in [4.69, 9.17) is 30.2 Å². The van der Waals surface area contributed by atoms with E-state index in [0.717, 1.165) is 5.56 Å². The highest BCUT2D eigenvalue weighted by atomic mass is 35.5. The van der Waals surface area contributed by atoms with Gasteiger partial charge in [0.05, 0.1) is 0 Å². The Morgan fingerprint density at radius 1 is 1.10 bits per heavy atom. The topological polar surface area (TPSA) is 78.2 Å². The molecule has 2 heterocycles. The molecule has 1 aliphatic heterocycles. The van der Waals surface area contributed by atoms with Crippen molar-refractivity contribution in [1.29, 1.82) is 0 Å². The summed E-state index contributed by atoms with van der Waals surface area (Å²) in [4.78, 5) is 26.3. The van der Waals surface area contributed by atoms with Crippen molar-refractivity contribution in [3.05, 3.63) is 58.8 Å². The number of likely N-dealkylation sites (N-methyl/N-ethyl adjacent to an activating group) is 1. The molecule has 0 saturated heterocycles. The number of carbonyl (C=O) groups is 2. The fraction of sp³-hybridized carbons (Fsp3) is 0.238. The Hall–Kier alpha value is -3.19. The molecule has 1 amide bonds. The van der Waals surface area contributed by atoms with Crippen molar-refractivity contribution in [2.75, 3.05) is 19.9 Å². The van der Waals surface area contributed by atoms with Crippen molar-refractivity contribution in [2.24, 2.45) is 0 Å². The Balaban J connectivity index is 1.37. The van der Waals surface area contributed by atoms with Crippen molar-refractivity contribution >= 4 is 34.4 Å². The lowest BCUT2D eigenvalue weighted by Crippen LogP contribution is -2.34. The number of esters is 1. The van der Waals surface area contributed by atoms with Crippen LogP contribution in [0.15, 0.2) is 46.9 Å². The summed E-state index contributed by atoms with van der Waals surface area (Å²) in [6, 6.07) is 12.1. The average molecular weight is 416 g/mol. The molecule has 0 unspecified atom stereocenters. The second-order valence-electron chi connectivity index (χ2n) is 6.46. The lowest BCUT2D eigenvalue weighted by molar-refractivity contribution is -0.135. The van der Waals surface area contributed by atoms with E-state index in [1.54, 1.807) is 23.1 Å². The Morgan fingerprint density at radius 2 is 1.93 bits per heavy atom. The van der Waals surface area contributed by atoms with Gasteiger partial charge in [-0.1, -0.05) is 17.7 Å². The lowest BCUT2D eigenvalue weighted by atomic mass is 10.2. The summed E-state index contributed by atoms with van der Waals surface area (Å²) >= 11 is 5.94. The number of rotatable bonds is 6. The number of amides is 1. The molecule has 0 spiro atoms. The van der Waals surface area contributed by atoms with Gasteiger partial charge in [0.15, 0.2) is 18.1 Å². The molecule has 29 heavy (non-hydrogen) atoms. The Kier molecular flexibility index (Phi) is 5.31. The molecule has 0 N–H and O–H groups in total. The van der Waals surface area contributed by atoms with E-state index in [0.29, 0.717) is 40.6 Å². The van der Waals surface area contributed by atoms with Gasteiger partial charge < -0.3 is 23.5 Å². The van der Waals surface area contributed by atoms with Gasteiger partial charge in [-0.3, -0.25) is 4.79 Å². The minimum atomic E-state index is -0.704. The largest absolute Gasteiger partial charge is 0.454 e. The second kappa shape index (κ2) is 8.05. The van der Waals surface area contributed by atoms with Crippen molar-refractivity contribution < 1.29 is 28.2 Å². The van der Waals surface area contributed by atoms with E-state index < -0.39 is 5.97 Å². The zero-order valence-electron chi connectivity index (χ0n) is 15.6. The van der Waals surface area contributed by atoms with Gasteiger partial charge in [0, 0.05) is 23.5 Å². The number of benzene rings is 2. The SMILES string of the molecule is CCN(Cc1ccc2c(c1)OCO2)C(=O)COC(=O)c1cc2cc(Cl)ccc2o1. The van der Waals surface area contributed by atoms with Gasteiger partial charge >= 0.3 is 5.97 Å². The molecule has 0 bridgehead atoms. The molecule has 7 nitrogen and oxygen atoms in total. The summed E-state index contributed by atoms with van der Waals surface area (Å²) in [5, 5.41) is 1.23. The summed E-state index contributed by atoms with van der Waals surface area (Å²) in [6.07, 6.45) is 0. The minimum Gasteiger partial charge on any atom is -0.454 e. The quantitative estimate of drug-likeness (QED) is 0.566. The van der Waals surface area contributed by atoms with Crippen LogP contribution in [-0.4, -0.2) is 36.7 Å². The third-order valence-corrected chi connectivity index (χ3v) is 4.79. The normalized spacial score (nSPS) is 12.2. The van der Waals surface area contributed by atoms with Crippen LogP contribution in [0.2, 0.25) is 5.02 Å². The summed E-state index contributed by atoms with van der Waals surface area (Å²) in [7, 11) is 0. The maximum Gasteiger partial charge on any atom is 0.374 e. The summed E-state index contributed by atoms with van der Waals surface area (Å²) in [5.74, 6) is 0.350. The number of carbonyl (C=O) groups excluding carboxylic acids is 2. The van der Waals surface area contributed by atoms with Crippen LogP contribution in [0.1, 0.15) is 23.0 Å². The third kappa shape index (κ3) is 4.14. The van der Waals surface area contributed by atoms with Gasteiger partial charge in [0.25, 0.3) is 5.91 Å². The summed E-state index contributed by atoms with van der Waals surface area (Å²) in [5.41, 5.74) is 1.41. The lowest BCUT2D eigenvalue weighted by Gasteiger charge is -2.20. The van der Waals surface area contributed by atoms with Crippen molar-refractivity contribution in [1.82, 2.24) is 4.90 Å². The van der Waals surface area contributed by atoms with E-state index in [1.807, 2.05) is 25.1 Å². The van der Waals surface area contributed by atoms with Crippen molar-refractivity contribution in [3.63, 3.8) is 0 Å². The van der Waals surface area contributed by atoms with E-state index in [-0.39, 0.29) is 25.1 Å². The molecule has 0 fully saturated rings. The number of hydrogen-bond acceptors (Lipinski definition) is 6. The number of ether oxygens (including phenoxy) is 3. The van der Waals surface area contributed by atoms with Crippen molar-refractivity contribution in [2.45, 2.75) is 13.5 Å². The molecule has 8 heteroatoms. The first-order valence-electron chi connectivity index (χ1n) is 9.06. The van der Waals surface area contributed by atoms with Gasteiger partial charge in [-0.05, 0) is 48.9 Å². The highest BCUT2D eigenvalue weighted by molar-refractivity contribution is 6.31. The molecule has 2 aromatic carbocycles. The van der Waals surface area contributed by atoms with Gasteiger partial charge in [0.2, 0.25) is 12.6 Å². The monoisotopic (exact) mass is 415 g/mol. The maximum atomic E-state index is 12.5. The van der Waals surface area contributed by atoms with Crippen molar-refractivity contribution in [3.8, 4) is 11.5 Å². The average Bonchev–Trinajstić information content (AvgIpc) is 3.35. The molecule has 150 valence electrons. The third-order valence-electron chi connectivity index (χ3n) is 4.55. The highest BCUT2D eigenvalue weighted by Crippen LogP contribution is 2.32. The molecule has 0 radical (unpaired) electrons. The summed E-state index contributed by atoms with van der Waals surface area (Å²) < 4.78 is 21.3. The first-order valence-corrected chi connectivity index (χ1v) is 9.44. The van der Waals surface area contributed by atoms with E-state index in [9.17, 15) is 9.59 Å². The zero-order valence-corrected chi connectivity index (χ0v) is 16.4. The number of halogens is 1. The Bertz CT molecular complexity index is 1080. The molecular formula is C21H18ClNO6. The Labute approximate surface area is 171 Å². The molecule has 4 rings (SSSR count). The molecule has 3 aromatic rings. The number of nitrogens with zero attached hydrogens (tertiary/aromatic N) is 1. The first kappa shape index (κ1) is 19.1. The van der Waals surface area contributed by atoms with Crippen LogP contribution in [0.3, 0.4) is 0 Å². The van der Waals surface area contributed by atoms with E-state index >= 15 is 0 Å². The number of fused-ring (bicyclic) bond motifs is 2. The zero-order chi connectivity index (χ0) is 20.4. The molecule has 1 aromatic heterocycles. The van der Waals surface area contributed by atoms with Crippen LogP contribution >= 0.6 is 11.6 Å². The van der Waals surface area contributed by atoms with Gasteiger partial charge in [-0.2, -0.15) is 0 Å². The van der Waals surface area contributed by atoms with Crippen LogP contribution < -0.4 is 9.47 Å². The van der Waals surface area contributed by atoms with E-state index in [2.05, 4.69) is 0 Å². The van der Waals surface area contributed by atoms with Crippen LogP contribution in [0.25, 0.3) is 11.0 Å². The predicted octanol–water partition coefficient (Wildman–Crippen LogP) is 4.02. The number of furan rings is 1.